The van der Waals surface area contributed by atoms with Gasteiger partial charge in [-0.25, -0.2) is 4.98 Å². The molecule has 4 heteroatoms. The maximum atomic E-state index is 6.25. The molecule has 0 bridgehead atoms. The molecule has 0 aliphatic carbocycles. The standard InChI is InChI=1S/C16H14ClN3/c1-12-6-5-9-14(17)15(12)19-16-18-10-11-20(16)13-7-3-2-4-8-13/h2-11H,1H3,(H,18,19). The Labute approximate surface area is 122 Å². The third-order valence-corrected chi connectivity index (χ3v) is 3.45. The lowest BCUT2D eigenvalue weighted by Crippen LogP contribution is -2.02. The number of imidazole rings is 1. The number of rotatable bonds is 3. The average molecular weight is 284 g/mol. The van der Waals surface area contributed by atoms with E-state index in [9.17, 15) is 0 Å². The van der Waals surface area contributed by atoms with E-state index in [0.29, 0.717) is 5.02 Å². The van der Waals surface area contributed by atoms with Gasteiger partial charge in [-0.1, -0.05) is 41.9 Å². The molecule has 1 aromatic heterocycles. The predicted molar refractivity (Wildman–Crippen MR) is 83.0 cm³/mol. The van der Waals surface area contributed by atoms with E-state index < -0.39 is 0 Å². The monoisotopic (exact) mass is 283 g/mol. The smallest absolute Gasteiger partial charge is 0.212 e. The van der Waals surface area contributed by atoms with Crippen LogP contribution in [0.15, 0.2) is 60.9 Å². The number of hydrogen-bond donors (Lipinski definition) is 1. The van der Waals surface area contributed by atoms with Crippen molar-refractivity contribution in [1.82, 2.24) is 9.55 Å². The molecule has 3 rings (SSSR count). The molecule has 0 fully saturated rings. The van der Waals surface area contributed by atoms with Crippen molar-refractivity contribution < 1.29 is 0 Å². The first-order chi connectivity index (χ1) is 9.75. The van der Waals surface area contributed by atoms with Crippen LogP contribution in [0.25, 0.3) is 5.69 Å². The molecule has 0 aliphatic rings. The minimum absolute atomic E-state index is 0.688. The summed E-state index contributed by atoms with van der Waals surface area (Å²) in [7, 11) is 0. The zero-order valence-corrected chi connectivity index (χ0v) is 11.8. The van der Waals surface area contributed by atoms with Crippen molar-refractivity contribution in [2.75, 3.05) is 5.32 Å². The number of halogens is 1. The van der Waals surface area contributed by atoms with Gasteiger partial charge in [-0.2, -0.15) is 0 Å². The molecular weight excluding hydrogens is 270 g/mol. The lowest BCUT2D eigenvalue weighted by Gasteiger charge is -2.13. The van der Waals surface area contributed by atoms with Crippen LogP contribution < -0.4 is 5.32 Å². The Kier molecular flexibility index (Phi) is 3.44. The minimum atomic E-state index is 0.688. The van der Waals surface area contributed by atoms with Gasteiger partial charge in [0, 0.05) is 18.1 Å². The van der Waals surface area contributed by atoms with Crippen LogP contribution in [0.1, 0.15) is 5.56 Å². The van der Waals surface area contributed by atoms with Gasteiger partial charge in [0.1, 0.15) is 0 Å². The number of para-hydroxylation sites is 2. The van der Waals surface area contributed by atoms with Crippen molar-refractivity contribution in [2.24, 2.45) is 0 Å². The van der Waals surface area contributed by atoms with Gasteiger partial charge < -0.3 is 5.32 Å². The van der Waals surface area contributed by atoms with E-state index in [1.807, 2.05) is 66.2 Å². The SMILES string of the molecule is Cc1cccc(Cl)c1Nc1nccn1-c1ccccc1. The second-order valence-electron chi connectivity index (χ2n) is 4.51. The van der Waals surface area contributed by atoms with Gasteiger partial charge in [0.05, 0.1) is 10.7 Å². The molecule has 3 nitrogen and oxygen atoms in total. The van der Waals surface area contributed by atoms with Crippen LogP contribution in [0.2, 0.25) is 5.02 Å². The average Bonchev–Trinajstić information content (AvgIpc) is 2.92. The first-order valence-corrected chi connectivity index (χ1v) is 6.74. The number of aryl methyl sites for hydroxylation is 1. The van der Waals surface area contributed by atoms with Crippen LogP contribution in [-0.4, -0.2) is 9.55 Å². The fourth-order valence-corrected chi connectivity index (χ4v) is 2.36. The molecule has 1 N–H and O–H groups in total. The molecule has 0 saturated heterocycles. The van der Waals surface area contributed by atoms with Crippen LogP contribution in [-0.2, 0) is 0 Å². The van der Waals surface area contributed by atoms with Gasteiger partial charge in [0.25, 0.3) is 0 Å². The second-order valence-corrected chi connectivity index (χ2v) is 4.92. The molecule has 0 unspecified atom stereocenters. The van der Waals surface area contributed by atoms with E-state index in [2.05, 4.69) is 10.3 Å². The van der Waals surface area contributed by atoms with E-state index in [4.69, 9.17) is 11.6 Å². The molecule has 0 amide bonds. The Balaban J connectivity index is 1.99. The third kappa shape index (κ3) is 2.40. The number of nitrogens with zero attached hydrogens (tertiary/aromatic N) is 2. The Morgan fingerprint density at radius 2 is 1.85 bits per heavy atom. The second kappa shape index (κ2) is 5.39. The lowest BCUT2D eigenvalue weighted by atomic mass is 10.2. The van der Waals surface area contributed by atoms with Crippen LogP contribution >= 0.6 is 11.6 Å². The zero-order chi connectivity index (χ0) is 13.9. The van der Waals surface area contributed by atoms with Crippen molar-refractivity contribution in [1.29, 1.82) is 0 Å². The molecule has 3 aromatic rings. The van der Waals surface area contributed by atoms with Crippen molar-refractivity contribution in [3.05, 3.63) is 71.5 Å². The van der Waals surface area contributed by atoms with Gasteiger partial charge in [-0.15, -0.1) is 0 Å². The molecule has 0 atom stereocenters. The number of nitrogens with one attached hydrogen (secondary N) is 1. The minimum Gasteiger partial charge on any atom is -0.324 e. The largest absolute Gasteiger partial charge is 0.324 e. The highest BCUT2D eigenvalue weighted by Crippen LogP contribution is 2.28. The summed E-state index contributed by atoms with van der Waals surface area (Å²) < 4.78 is 1.99. The highest BCUT2D eigenvalue weighted by Gasteiger charge is 2.09. The fraction of sp³-hybridized carbons (Fsp3) is 0.0625. The quantitative estimate of drug-likeness (QED) is 0.762. The maximum Gasteiger partial charge on any atom is 0.212 e. The van der Waals surface area contributed by atoms with Crippen LogP contribution in [0, 0.1) is 6.92 Å². The predicted octanol–water partition coefficient (Wildman–Crippen LogP) is 4.58. The molecule has 100 valence electrons. The molecule has 20 heavy (non-hydrogen) atoms. The summed E-state index contributed by atoms with van der Waals surface area (Å²) in [4.78, 5) is 4.36. The summed E-state index contributed by atoms with van der Waals surface area (Å²) in [5.74, 6) is 0.743. The molecule has 0 spiro atoms. The van der Waals surface area contributed by atoms with Crippen molar-refractivity contribution >= 4 is 23.2 Å². The Morgan fingerprint density at radius 1 is 1.05 bits per heavy atom. The van der Waals surface area contributed by atoms with Crippen LogP contribution in [0.4, 0.5) is 11.6 Å². The van der Waals surface area contributed by atoms with E-state index in [0.717, 1.165) is 22.9 Å². The van der Waals surface area contributed by atoms with Gasteiger partial charge in [-0.05, 0) is 30.7 Å². The van der Waals surface area contributed by atoms with E-state index in [1.165, 1.54) is 0 Å². The topological polar surface area (TPSA) is 29.9 Å². The van der Waals surface area contributed by atoms with Crippen LogP contribution in [0.3, 0.4) is 0 Å². The molecule has 0 saturated carbocycles. The normalized spacial score (nSPS) is 10.5. The Hall–Kier alpha value is -2.26. The summed E-state index contributed by atoms with van der Waals surface area (Å²) >= 11 is 6.25. The number of aromatic nitrogens is 2. The van der Waals surface area contributed by atoms with Crippen molar-refractivity contribution in [3.63, 3.8) is 0 Å². The highest BCUT2D eigenvalue weighted by molar-refractivity contribution is 6.33. The van der Waals surface area contributed by atoms with Crippen molar-refractivity contribution in [2.45, 2.75) is 6.92 Å². The Morgan fingerprint density at radius 3 is 2.60 bits per heavy atom. The first kappa shape index (κ1) is 12.8. The molecule has 2 aromatic carbocycles. The Bertz CT molecular complexity index is 699. The lowest BCUT2D eigenvalue weighted by molar-refractivity contribution is 1.06. The van der Waals surface area contributed by atoms with E-state index in [-0.39, 0.29) is 0 Å². The van der Waals surface area contributed by atoms with E-state index >= 15 is 0 Å². The third-order valence-electron chi connectivity index (χ3n) is 3.13. The highest BCUT2D eigenvalue weighted by atomic mass is 35.5. The zero-order valence-electron chi connectivity index (χ0n) is 11.0. The summed E-state index contributed by atoms with van der Waals surface area (Å²) in [5, 5.41) is 4.00. The van der Waals surface area contributed by atoms with E-state index in [1.54, 1.807) is 6.20 Å². The van der Waals surface area contributed by atoms with Gasteiger partial charge >= 0.3 is 0 Å². The summed E-state index contributed by atoms with van der Waals surface area (Å²) in [6, 6.07) is 15.9. The number of benzene rings is 2. The fourth-order valence-electron chi connectivity index (χ4n) is 2.09. The molecule has 1 heterocycles. The van der Waals surface area contributed by atoms with Gasteiger partial charge in [0.15, 0.2) is 0 Å². The number of hydrogen-bond acceptors (Lipinski definition) is 2. The van der Waals surface area contributed by atoms with Gasteiger partial charge in [0.2, 0.25) is 5.95 Å². The number of anilines is 2. The first-order valence-electron chi connectivity index (χ1n) is 6.36. The summed E-state index contributed by atoms with van der Waals surface area (Å²) in [6.45, 7) is 2.02. The molecule has 0 radical (unpaired) electrons. The summed E-state index contributed by atoms with van der Waals surface area (Å²) in [6.07, 6.45) is 3.69. The maximum absolute atomic E-state index is 6.25. The summed E-state index contributed by atoms with van der Waals surface area (Å²) in [5.41, 5.74) is 3.02. The van der Waals surface area contributed by atoms with Gasteiger partial charge in [-0.3, -0.25) is 4.57 Å². The van der Waals surface area contributed by atoms with Crippen molar-refractivity contribution in [3.8, 4) is 5.69 Å². The van der Waals surface area contributed by atoms with Crippen LogP contribution in [0.5, 0.6) is 0 Å². The molecular formula is C16H14ClN3. The molecule has 0 aliphatic heterocycles.